The van der Waals surface area contributed by atoms with Gasteiger partial charge in [0.1, 0.15) is 5.75 Å². The summed E-state index contributed by atoms with van der Waals surface area (Å²) in [7, 11) is -3.58. The Labute approximate surface area is 145 Å². The highest BCUT2D eigenvalue weighted by Gasteiger charge is 2.13. The van der Waals surface area contributed by atoms with Crippen LogP contribution in [0.5, 0.6) is 5.75 Å². The summed E-state index contributed by atoms with van der Waals surface area (Å²) in [6.45, 7) is 0.0247. The second-order valence-electron chi connectivity index (χ2n) is 5.00. The van der Waals surface area contributed by atoms with Gasteiger partial charge >= 0.3 is 0 Å². The number of nitrogens with one attached hydrogen (secondary N) is 1. The average Bonchev–Trinajstić information content (AvgIpc) is 2.53. The van der Waals surface area contributed by atoms with Gasteiger partial charge in [-0.05, 0) is 48.4 Å². The van der Waals surface area contributed by atoms with Gasteiger partial charge in [0.05, 0.1) is 4.90 Å². The molecule has 0 unspecified atom stereocenters. The molecule has 0 aliphatic heterocycles. The van der Waals surface area contributed by atoms with E-state index in [9.17, 15) is 13.2 Å². The van der Waals surface area contributed by atoms with Crippen molar-refractivity contribution in [3.63, 3.8) is 0 Å². The third-order valence-corrected chi connectivity index (χ3v) is 4.84. The van der Waals surface area contributed by atoms with Crippen LogP contribution >= 0.6 is 11.6 Å². The van der Waals surface area contributed by atoms with Crippen LogP contribution in [-0.4, -0.2) is 27.5 Å². The first-order valence-electron chi connectivity index (χ1n) is 7.12. The molecule has 0 heterocycles. The van der Waals surface area contributed by atoms with Crippen molar-refractivity contribution in [1.82, 2.24) is 4.72 Å². The van der Waals surface area contributed by atoms with E-state index < -0.39 is 15.9 Å². The largest absolute Gasteiger partial charge is 0.484 e. The Morgan fingerprint density at radius 3 is 2.54 bits per heavy atom. The molecule has 2 aromatic carbocycles. The molecule has 0 bridgehead atoms. The lowest BCUT2D eigenvalue weighted by molar-refractivity contribution is -0.119. The number of carbonyl (C=O) groups excluding carboxylic acids is 1. The van der Waals surface area contributed by atoms with Gasteiger partial charge < -0.3 is 10.5 Å². The molecule has 0 radical (unpaired) electrons. The van der Waals surface area contributed by atoms with Crippen LogP contribution < -0.4 is 15.2 Å². The van der Waals surface area contributed by atoms with E-state index >= 15 is 0 Å². The average molecular weight is 369 g/mol. The highest BCUT2D eigenvalue weighted by Crippen LogP contribution is 2.15. The molecule has 0 fully saturated rings. The first-order valence-corrected chi connectivity index (χ1v) is 8.98. The van der Waals surface area contributed by atoms with E-state index in [0.29, 0.717) is 17.2 Å². The summed E-state index contributed by atoms with van der Waals surface area (Å²) in [4.78, 5) is 10.9. The van der Waals surface area contributed by atoms with Gasteiger partial charge in [-0.1, -0.05) is 23.7 Å². The molecular weight excluding hydrogens is 352 g/mol. The third-order valence-electron chi connectivity index (χ3n) is 3.11. The Hall–Kier alpha value is -2.09. The van der Waals surface area contributed by atoms with Gasteiger partial charge in [-0.2, -0.15) is 0 Å². The Bertz CT molecular complexity index is 807. The number of primary amides is 1. The maximum atomic E-state index is 12.1. The normalized spacial score (nSPS) is 11.2. The molecule has 0 aliphatic carbocycles. The van der Waals surface area contributed by atoms with Gasteiger partial charge in [0, 0.05) is 11.6 Å². The standard InChI is InChI=1S/C16H17ClN2O4S/c17-13-4-6-15(7-5-13)24(21,22)19-9-8-12-2-1-3-14(10-12)23-11-16(18)20/h1-7,10,19H,8-9,11H2,(H2,18,20). The van der Waals surface area contributed by atoms with Crippen molar-refractivity contribution < 1.29 is 17.9 Å². The van der Waals surface area contributed by atoms with Crippen LogP contribution in [0.2, 0.25) is 5.02 Å². The van der Waals surface area contributed by atoms with Crippen molar-refractivity contribution in [2.75, 3.05) is 13.2 Å². The topological polar surface area (TPSA) is 98.5 Å². The number of carbonyl (C=O) groups is 1. The zero-order valence-corrected chi connectivity index (χ0v) is 14.3. The van der Waals surface area contributed by atoms with Crippen LogP contribution in [-0.2, 0) is 21.2 Å². The second-order valence-corrected chi connectivity index (χ2v) is 7.21. The maximum Gasteiger partial charge on any atom is 0.255 e. The molecule has 0 aliphatic rings. The molecule has 1 amide bonds. The summed E-state index contributed by atoms with van der Waals surface area (Å²) in [6.07, 6.45) is 0.473. The SMILES string of the molecule is NC(=O)COc1cccc(CCNS(=O)(=O)c2ccc(Cl)cc2)c1. The predicted molar refractivity (Wildman–Crippen MR) is 91.5 cm³/mol. The van der Waals surface area contributed by atoms with E-state index in [4.69, 9.17) is 22.1 Å². The molecular formula is C16H17ClN2O4S. The van der Waals surface area contributed by atoms with Gasteiger partial charge in [-0.3, -0.25) is 4.79 Å². The van der Waals surface area contributed by atoms with Gasteiger partial charge in [-0.15, -0.1) is 0 Å². The van der Waals surface area contributed by atoms with Crippen LogP contribution in [0.1, 0.15) is 5.56 Å². The quantitative estimate of drug-likeness (QED) is 0.741. The van der Waals surface area contributed by atoms with E-state index in [1.54, 1.807) is 18.2 Å². The number of ether oxygens (including phenoxy) is 1. The number of amides is 1. The molecule has 0 spiro atoms. The van der Waals surface area contributed by atoms with Gasteiger partial charge in [0.25, 0.3) is 5.91 Å². The van der Waals surface area contributed by atoms with E-state index in [1.165, 1.54) is 24.3 Å². The smallest absolute Gasteiger partial charge is 0.255 e. The molecule has 3 N–H and O–H groups in total. The fourth-order valence-electron chi connectivity index (χ4n) is 1.97. The minimum atomic E-state index is -3.58. The molecule has 0 saturated heterocycles. The van der Waals surface area contributed by atoms with Crippen molar-refractivity contribution in [1.29, 1.82) is 0 Å². The molecule has 6 nitrogen and oxygen atoms in total. The Kier molecular flexibility index (Phi) is 6.19. The lowest BCUT2D eigenvalue weighted by Crippen LogP contribution is -2.26. The summed E-state index contributed by atoms with van der Waals surface area (Å²) < 4.78 is 32.0. The highest BCUT2D eigenvalue weighted by atomic mass is 35.5. The predicted octanol–water partition coefficient (Wildman–Crippen LogP) is 1.73. The number of hydrogen-bond donors (Lipinski definition) is 2. The van der Waals surface area contributed by atoms with Crippen molar-refractivity contribution in [2.24, 2.45) is 5.73 Å². The number of halogens is 1. The van der Waals surface area contributed by atoms with E-state index in [0.717, 1.165) is 5.56 Å². The summed E-state index contributed by atoms with van der Waals surface area (Å²) in [6, 6.07) is 13.0. The summed E-state index contributed by atoms with van der Waals surface area (Å²) in [5.41, 5.74) is 5.89. The summed E-state index contributed by atoms with van der Waals surface area (Å²) in [5, 5.41) is 0.474. The van der Waals surface area contributed by atoms with Crippen LogP contribution in [0.25, 0.3) is 0 Å². The van der Waals surface area contributed by atoms with Gasteiger partial charge in [0.15, 0.2) is 6.61 Å². The molecule has 128 valence electrons. The zero-order valence-electron chi connectivity index (χ0n) is 12.7. The Balaban J connectivity index is 1.92. The fourth-order valence-corrected chi connectivity index (χ4v) is 3.13. The fraction of sp³-hybridized carbons (Fsp3) is 0.188. The maximum absolute atomic E-state index is 12.1. The molecule has 0 aromatic heterocycles. The molecule has 8 heteroatoms. The monoisotopic (exact) mass is 368 g/mol. The summed E-state index contributed by atoms with van der Waals surface area (Å²) in [5.74, 6) is -0.0528. The number of rotatable bonds is 8. The number of hydrogen-bond acceptors (Lipinski definition) is 4. The summed E-state index contributed by atoms with van der Waals surface area (Å²) >= 11 is 5.75. The minimum Gasteiger partial charge on any atom is -0.484 e. The molecule has 2 rings (SSSR count). The van der Waals surface area contributed by atoms with Crippen LogP contribution in [0.15, 0.2) is 53.4 Å². The molecule has 24 heavy (non-hydrogen) atoms. The highest BCUT2D eigenvalue weighted by molar-refractivity contribution is 7.89. The molecule has 0 atom stereocenters. The lowest BCUT2D eigenvalue weighted by Gasteiger charge is -2.08. The van der Waals surface area contributed by atoms with Crippen LogP contribution in [0.4, 0.5) is 0 Å². The number of sulfonamides is 1. The van der Waals surface area contributed by atoms with Crippen LogP contribution in [0, 0.1) is 0 Å². The van der Waals surface area contributed by atoms with E-state index in [2.05, 4.69) is 4.72 Å². The zero-order chi connectivity index (χ0) is 17.6. The Morgan fingerprint density at radius 2 is 1.88 bits per heavy atom. The van der Waals surface area contributed by atoms with Crippen molar-refractivity contribution in [3.05, 3.63) is 59.1 Å². The second kappa shape index (κ2) is 8.14. The molecule has 2 aromatic rings. The number of benzene rings is 2. The van der Waals surface area contributed by atoms with Gasteiger partial charge in [-0.25, -0.2) is 13.1 Å². The van der Waals surface area contributed by atoms with Crippen molar-refractivity contribution in [3.8, 4) is 5.75 Å². The van der Waals surface area contributed by atoms with E-state index in [-0.39, 0.29) is 18.0 Å². The Morgan fingerprint density at radius 1 is 1.17 bits per heavy atom. The number of nitrogens with two attached hydrogens (primary N) is 1. The first kappa shape index (κ1) is 18.3. The lowest BCUT2D eigenvalue weighted by atomic mass is 10.1. The third kappa shape index (κ3) is 5.52. The van der Waals surface area contributed by atoms with E-state index in [1.807, 2.05) is 6.07 Å². The van der Waals surface area contributed by atoms with Gasteiger partial charge in [0.2, 0.25) is 10.0 Å². The first-order chi connectivity index (χ1) is 11.4. The van der Waals surface area contributed by atoms with Crippen molar-refractivity contribution >= 4 is 27.5 Å². The van der Waals surface area contributed by atoms with Crippen molar-refractivity contribution in [2.45, 2.75) is 11.3 Å². The molecule has 0 saturated carbocycles. The minimum absolute atomic E-state index is 0.158. The van der Waals surface area contributed by atoms with Crippen LogP contribution in [0.3, 0.4) is 0 Å².